The largest absolute Gasteiger partial charge is 0.378 e. The Morgan fingerprint density at radius 1 is 1.22 bits per heavy atom. The summed E-state index contributed by atoms with van der Waals surface area (Å²) in [4.78, 5) is 22.4. The van der Waals surface area contributed by atoms with Gasteiger partial charge in [-0.1, -0.05) is 12.1 Å². The van der Waals surface area contributed by atoms with Crippen molar-refractivity contribution in [2.45, 2.75) is 32.2 Å². The molecule has 1 amide bonds. The summed E-state index contributed by atoms with van der Waals surface area (Å²) in [5, 5.41) is 3.01. The third-order valence-electron chi connectivity index (χ3n) is 3.63. The van der Waals surface area contributed by atoms with Gasteiger partial charge in [0.05, 0.1) is 5.69 Å². The van der Waals surface area contributed by atoms with Crippen LogP contribution in [0, 0.1) is 0 Å². The molecule has 0 saturated heterocycles. The Balaban J connectivity index is 1.76. The van der Waals surface area contributed by atoms with Gasteiger partial charge < -0.3 is 10.2 Å². The van der Waals surface area contributed by atoms with Crippen molar-refractivity contribution in [1.29, 1.82) is 0 Å². The van der Waals surface area contributed by atoms with Crippen molar-refractivity contribution in [1.82, 2.24) is 15.3 Å². The van der Waals surface area contributed by atoms with Crippen LogP contribution in [-0.4, -0.2) is 36.0 Å². The number of carbonyl (C=O) groups excluding carboxylic acids is 1. The van der Waals surface area contributed by atoms with Gasteiger partial charge in [-0.3, -0.25) is 14.8 Å². The molecule has 1 aromatic heterocycles. The number of aromatic nitrogens is 2. The summed E-state index contributed by atoms with van der Waals surface area (Å²) >= 11 is 0. The minimum Gasteiger partial charge on any atom is -0.378 e. The second-order valence-electron chi connectivity index (χ2n) is 5.93. The molecule has 5 nitrogen and oxygen atoms in total. The molecule has 0 aliphatic heterocycles. The number of hydrogen-bond donors (Lipinski definition) is 1. The molecule has 0 radical (unpaired) electrons. The summed E-state index contributed by atoms with van der Waals surface area (Å²) in [5.74, 6) is 0.0677. The van der Waals surface area contributed by atoms with Crippen molar-refractivity contribution in [3.63, 3.8) is 0 Å². The Labute approximate surface area is 137 Å². The molecule has 2 rings (SSSR count). The fourth-order valence-electron chi connectivity index (χ4n) is 2.37. The van der Waals surface area contributed by atoms with Gasteiger partial charge in [0.25, 0.3) is 0 Å². The van der Waals surface area contributed by atoms with Crippen LogP contribution in [-0.2, 0) is 17.6 Å². The average molecular weight is 312 g/mol. The number of rotatable bonds is 7. The predicted molar refractivity (Wildman–Crippen MR) is 92.4 cm³/mol. The Hall–Kier alpha value is -2.43. The number of aryl methyl sites for hydroxylation is 1. The lowest BCUT2D eigenvalue weighted by atomic mass is 10.1. The van der Waals surface area contributed by atoms with Crippen molar-refractivity contribution in [2.75, 3.05) is 19.0 Å². The Morgan fingerprint density at radius 3 is 2.57 bits per heavy atom. The maximum absolute atomic E-state index is 12.0. The molecule has 0 spiro atoms. The first-order valence-corrected chi connectivity index (χ1v) is 7.85. The van der Waals surface area contributed by atoms with E-state index in [1.807, 2.05) is 21.0 Å². The van der Waals surface area contributed by atoms with Gasteiger partial charge in [-0.05, 0) is 31.0 Å². The number of amides is 1. The van der Waals surface area contributed by atoms with E-state index in [1.165, 1.54) is 5.56 Å². The number of nitrogens with zero attached hydrogens (tertiary/aromatic N) is 3. The van der Waals surface area contributed by atoms with E-state index >= 15 is 0 Å². The third-order valence-corrected chi connectivity index (χ3v) is 3.63. The smallest absolute Gasteiger partial charge is 0.220 e. The molecule has 0 aliphatic rings. The zero-order chi connectivity index (χ0) is 16.7. The van der Waals surface area contributed by atoms with Crippen molar-refractivity contribution < 1.29 is 4.79 Å². The van der Waals surface area contributed by atoms with Crippen molar-refractivity contribution in [3.05, 3.63) is 54.1 Å². The lowest BCUT2D eigenvalue weighted by Crippen LogP contribution is -2.34. The number of nitrogens with one attached hydrogen (secondary N) is 1. The maximum Gasteiger partial charge on any atom is 0.220 e. The van der Waals surface area contributed by atoms with Crippen LogP contribution in [0.25, 0.3) is 0 Å². The summed E-state index contributed by atoms with van der Waals surface area (Å²) in [6.07, 6.45) is 6.98. The van der Waals surface area contributed by atoms with Crippen LogP contribution in [0.3, 0.4) is 0 Å². The Morgan fingerprint density at radius 2 is 1.96 bits per heavy atom. The zero-order valence-electron chi connectivity index (χ0n) is 14.0. The third kappa shape index (κ3) is 5.70. The molecule has 1 heterocycles. The molecule has 0 fully saturated rings. The van der Waals surface area contributed by atoms with E-state index < -0.39 is 0 Å². The van der Waals surface area contributed by atoms with E-state index in [-0.39, 0.29) is 11.9 Å². The van der Waals surface area contributed by atoms with Gasteiger partial charge in [0.15, 0.2) is 0 Å². The Bertz CT molecular complexity index is 611. The number of benzene rings is 1. The van der Waals surface area contributed by atoms with Gasteiger partial charge in [0, 0.05) is 57.3 Å². The van der Waals surface area contributed by atoms with Gasteiger partial charge in [0.1, 0.15) is 0 Å². The van der Waals surface area contributed by atoms with Crippen molar-refractivity contribution in [3.8, 4) is 0 Å². The van der Waals surface area contributed by atoms with Crippen LogP contribution >= 0.6 is 0 Å². The van der Waals surface area contributed by atoms with Crippen LogP contribution in [0.5, 0.6) is 0 Å². The monoisotopic (exact) mass is 312 g/mol. The molecule has 122 valence electrons. The average Bonchev–Trinajstić information content (AvgIpc) is 2.54. The molecular formula is C18H24N4O. The first-order valence-electron chi connectivity index (χ1n) is 7.85. The second-order valence-corrected chi connectivity index (χ2v) is 5.93. The fraction of sp³-hybridized carbons (Fsp3) is 0.389. The zero-order valence-corrected chi connectivity index (χ0v) is 14.0. The highest BCUT2D eigenvalue weighted by Crippen LogP contribution is 2.13. The summed E-state index contributed by atoms with van der Waals surface area (Å²) < 4.78 is 0. The molecule has 1 atom stereocenters. The van der Waals surface area contributed by atoms with Gasteiger partial charge in [-0.25, -0.2) is 0 Å². The summed E-state index contributed by atoms with van der Waals surface area (Å²) in [6.45, 7) is 1.98. The van der Waals surface area contributed by atoms with Gasteiger partial charge in [-0.15, -0.1) is 0 Å². The van der Waals surface area contributed by atoms with E-state index in [0.717, 1.165) is 17.8 Å². The van der Waals surface area contributed by atoms with Crippen LogP contribution in [0.4, 0.5) is 5.69 Å². The molecule has 1 unspecified atom stereocenters. The number of anilines is 1. The topological polar surface area (TPSA) is 58.1 Å². The number of carbonyl (C=O) groups is 1. The van der Waals surface area contributed by atoms with Crippen LogP contribution < -0.4 is 10.2 Å². The molecule has 0 aliphatic carbocycles. The highest BCUT2D eigenvalue weighted by Gasteiger charge is 2.09. The van der Waals surface area contributed by atoms with Crippen molar-refractivity contribution in [2.24, 2.45) is 0 Å². The first-order chi connectivity index (χ1) is 11.0. The van der Waals surface area contributed by atoms with E-state index in [1.54, 1.807) is 18.6 Å². The Kier molecular flexibility index (Phi) is 6.09. The van der Waals surface area contributed by atoms with Crippen LogP contribution in [0.2, 0.25) is 0 Å². The van der Waals surface area contributed by atoms with E-state index in [0.29, 0.717) is 12.8 Å². The molecule has 23 heavy (non-hydrogen) atoms. The molecule has 0 bridgehead atoms. The number of hydrogen-bond acceptors (Lipinski definition) is 4. The molecule has 2 aromatic rings. The lowest BCUT2D eigenvalue weighted by molar-refractivity contribution is -0.121. The molecule has 1 N–H and O–H groups in total. The SMILES string of the molecule is CC(Cc1cnccn1)NC(=O)CCc1ccc(N(C)C)cc1. The first kappa shape index (κ1) is 16.9. The maximum atomic E-state index is 12.0. The minimum absolute atomic E-state index is 0.0512. The summed E-state index contributed by atoms with van der Waals surface area (Å²) in [7, 11) is 4.03. The summed E-state index contributed by atoms with van der Waals surface area (Å²) in [5.41, 5.74) is 3.22. The minimum atomic E-state index is 0.0512. The molecule has 0 saturated carbocycles. The van der Waals surface area contributed by atoms with Gasteiger partial charge in [-0.2, -0.15) is 0 Å². The van der Waals surface area contributed by atoms with Crippen LogP contribution in [0.1, 0.15) is 24.6 Å². The van der Waals surface area contributed by atoms with Gasteiger partial charge >= 0.3 is 0 Å². The van der Waals surface area contributed by atoms with Crippen molar-refractivity contribution >= 4 is 11.6 Å². The van der Waals surface area contributed by atoms with E-state index in [2.05, 4.69) is 44.5 Å². The molecule has 1 aromatic carbocycles. The summed E-state index contributed by atoms with van der Waals surface area (Å²) in [6, 6.07) is 8.35. The lowest BCUT2D eigenvalue weighted by Gasteiger charge is -2.14. The molecular weight excluding hydrogens is 288 g/mol. The second kappa shape index (κ2) is 8.27. The molecule has 5 heteroatoms. The highest BCUT2D eigenvalue weighted by molar-refractivity contribution is 5.76. The normalized spacial score (nSPS) is 11.8. The fourth-order valence-corrected chi connectivity index (χ4v) is 2.37. The quantitative estimate of drug-likeness (QED) is 0.852. The van der Waals surface area contributed by atoms with E-state index in [9.17, 15) is 4.79 Å². The van der Waals surface area contributed by atoms with Gasteiger partial charge in [0.2, 0.25) is 5.91 Å². The van der Waals surface area contributed by atoms with E-state index in [4.69, 9.17) is 0 Å². The predicted octanol–water partition coefficient (Wildman–Crippen LogP) is 2.22. The standard InChI is InChI=1S/C18H24N4O/c1-14(12-16-13-19-10-11-20-16)21-18(23)9-6-15-4-7-17(8-5-15)22(2)3/h4-5,7-8,10-11,13-14H,6,9,12H2,1-3H3,(H,21,23). The van der Waals surface area contributed by atoms with Crippen LogP contribution in [0.15, 0.2) is 42.9 Å². The highest BCUT2D eigenvalue weighted by atomic mass is 16.1.